The molecule has 2 aromatic rings. The first-order chi connectivity index (χ1) is 9.36. The van der Waals surface area contributed by atoms with Crippen LogP contribution in [0.15, 0.2) is 34.8 Å². The molecule has 1 aromatic heterocycles. The molecule has 2 N–H and O–H groups in total. The molecule has 106 valence electrons. The van der Waals surface area contributed by atoms with E-state index in [9.17, 15) is 13.2 Å². The summed E-state index contributed by atoms with van der Waals surface area (Å²) < 4.78 is 43.7. The van der Waals surface area contributed by atoms with Crippen LogP contribution >= 0.6 is 15.9 Å². The Hall–Kier alpha value is -1.83. The summed E-state index contributed by atoms with van der Waals surface area (Å²) in [6, 6.07) is 7.90. The zero-order valence-electron chi connectivity index (χ0n) is 9.99. The maximum Gasteiger partial charge on any atom is 0.433 e. The third-order valence-electron chi connectivity index (χ3n) is 2.34. The fourth-order valence-electron chi connectivity index (χ4n) is 1.43. The molecule has 0 fully saturated rings. The lowest BCUT2D eigenvalue weighted by Crippen LogP contribution is -2.11. The second-order valence-corrected chi connectivity index (χ2v) is 4.68. The van der Waals surface area contributed by atoms with Gasteiger partial charge in [-0.05, 0) is 6.07 Å². The van der Waals surface area contributed by atoms with E-state index < -0.39 is 17.8 Å². The van der Waals surface area contributed by atoms with E-state index >= 15 is 0 Å². The number of aromatic nitrogens is 2. The van der Waals surface area contributed by atoms with Crippen LogP contribution in [0, 0.1) is 0 Å². The van der Waals surface area contributed by atoms with E-state index in [4.69, 9.17) is 10.5 Å². The molecular weight excluding hydrogens is 339 g/mol. The van der Waals surface area contributed by atoms with E-state index in [1.165, 1.54) is 0 Å². The molecule has 0 saturated carbocycles. The maximum absolute atomic E-state index is 12.6. The van der Waals surface area contributed by atoms with Crippen molar-refractivity contribution in [3.8, 4) is 5.88 Å². The first-order valence-corrected chi connectivity index (χ1v) is 6.23. The van der Waals surface area contributed by atoms with Gasteiger partial charge in [0.2, 0.25) is 11.8 Å². The molecule has 0 atom stereocenters. The molecular formula is C12H9BrF3N3O. The van der Waals surface area contributed by atoms with E-state index in [1.54, 1.807) is 18.2 Å². The molecule has 0 unspecified atom stereocenters. The van der Waals surface area contributed by atoms with Gasteiger partial charge in [0.15, 0.2) is 5.69 Å². The Balaban J connectivity index is 2.18. The molecule has 20 heavy (non-hydrogen) atoms. The van der Waals surface area contributed by atoms with Crippen LogP contribution < -0.4 is 10.5 Å². The highest BCUT2D eigenvalue weighted by molar-refractivity contribution is 9.10. The van der Waals surface area contributed by atoms with Gasteiger partial charge in [0.1, 0.15) is 6.61 Å². The van der Waals surface area contributed by atoms with Gasteiger partial charge in [-0.3, -0.25) is 0 Å². The lowest BCUT2D eigenvalue weighted by Gasteiger charge is -2.10. The number of rotatable bonds is 3. The first-order valence-electron chi connectivity index (χ1n) is 5.44. The van der Waals surface area contributed by atoms with Gasteiger partial charge in [0.05, 0.1) is 0 Å². The second-order valence-electron chi connectivity index (χ2n) is 3.83. The lowest BCUT2D eigenvalue weighted by molar-refractivity contribution is -0.141. The Kier molecular flexibility index (Phi) is 4.12. The van der Waals surface area contributed by atoms with E-state index in [0.29, 0.717) is 6.07 Å². The summed E-state index contributed by atoms with van der Waals surface area (Å²) in [4.78, 5) is 6.75. The number of hydrogen-bond donors (Lipinski definition) is 1. The number of nitrogens with two attached hydrogens (primary N) is 1. The summed E-state index contributed by atoms with van der Waals surface area (Å²) in [6.45, 7) is 0.0647. The van der Waals surface area contributed by atoms with Gasteiger partial charge in [-0.2, -0.15) is 18.2 Å². The average molecular weight is 348 g/mol. The van der Waals surface area contributed by atoms with Crippen LogP contribution in [0.5, 0.6) is 5.88 Å². The van der Waals surface area contributed by atoms with Crippen molar-refractivity contribution in [2.24, 2.45) is 0 Å². The van der Waals surface area contributed by atoms with Crippen molar-refractivity contribution in [2.75, 3.05) is 5.73 Å². The highest BCUT2D eigenvalue weighted by Crippen LogP contribution is 2.30. The molecule has 0 aliphatic carbocycles. The van der Waals surface area contributed by atoms with E-state index in [0.717, 1.165) is 10.0 Å². The minimum absolute atomic E-state index is 0.0647. The summed E-state index contributed by atoms with van der Waals surface area (Å²) in [7, 11) is 0. The van der Waals surface area contributed by atoms with Crippen LogP contribution in [0.3, 0.4) is 0 Å². The fraction of sp³-hybridized carbons (Fsp3) is 0.167. The van der Waals surface area contributed by atoms with Crippen LogP contribution in [0.25, 0.3) is 0 Å². The van der Waals surface area contributed by atoms with Crippen molar-refractivity contribution in [3.05, 3.63) is 46.1 Å². The number of alkyl halides is 3. The fourth-order valence-corrected chi connectivity index (χ4v) is 1.83. The topological polar surface area (TPSA) is 61.0 Å². The monoisotopic (exact) mass is 347 g/mol. The smallest absolute Gasteiger partial charge is 0.433 e. The molecule has 1 heterocycles. The van der Waals surface area contributed by atoms with Crippen molar-refractivity contribution in [2.45, 2.75) is 12.8 Å². The van der Waals surface area contributed by atoms with Gasteiger partial charge < -0.3 is 10.5 Å². The number of anilines is 1. The first kappa shape index (κ1) is 14.6. The predicted octanol–water partition coefficient (Wildman–Crippen LogP) is 3.42. The number of nitrogens with zero attached hydrogens (tertiary/aromatic N) is 2. The molecule has 1 aromatic carbocycles. The Morgan fingerprint density at radius 3 is 2.55 bits per heavy atom. The van der Waals surface area contributed by atoms with Crippen molar-refractivity contribution >= 4 is 21.9 Å². The van der Waals surface area contributed by atoms with Gasteiger partial charge in [-0.15, -0.1) is 0 Å². The molecule has 0 bridgehead atoms. The Bertz CT molecular complexity index is 619. The second kappa shape index (κ2) is 5.66. The molecule has 0 radical (unpaired) electrons. The minimum atomic E-state index is -4.59. The molecule has 0 amide bonds. The summed E-state index contributed by atoms with van der Waals surface area (Å²) in [5, 5.41) is 0. The van der Waals surface area contributed by atoms with Gasteiger partial charge in [-0.25, -0.2) is 4.98 Å². The van der Waals surface area contributed by atoms with Crippen LogP contribution in [-0.2, 0) is 12.8 Å². The minimum Gasteiger partial charge on any atom is -0.473 e. The van der Waals surface area contributed by atoms with Crippen LogP contribution in [0.4, 0.5) is 19.1 Å². The largest absolute Gasteiger partial charge is 0.473 e. The molecule has 4 nitrogen and oxygen atoms in total. The molecule has 0 saturated heterocycles. The summed E-state index contributed by atoms with van der Waals surface area (Å²) >= 11 is 3.31. The predicted molar refractivity (Wildman–Crippen MR) is 69.9 cm³/mol. The van der Waals surface area contributed by atoms with E-state index in [2.05, 4.69) is 25.9 Å². The third kappa shape index (κ3) is 3.60. The number of halogens is 4. The quantitative estimate of drug-likeness (QED) is 0.923. The normalized spacial score (nSPS) is 11.4. The SMILES string of the molecule is Nc1nc(OCc2ccccc2Br)cc(C(F)(F)F)n1. The molecule has 8 heteroatoms. The maximum atomic E-state index is 12.6. The van der Waals surface area contributed by atoms with E-state index in [-0.39, 0.29) is 12.5 Å². The zero-order valence-corrected chi connectivity index (χ0v) is 11.6. The molecule has 0 spiro atoms. The van der Waals surface area contributed by atoms with Crippen LogP contribution in [-0.4, -0.2) is 9.97 Å². The van der Waals surface area contributed by atoms with Gasteiger partial charge in [0, 0.05) is 16.1 Å². The van der Waals surface area contributed by atoms with Crippen molar-refractivity contribution < 1.29 is 17.9 Å². The highest BCUT2D eigenvalue weighted by atomic mass is 79.9. The number of hydrogen-bond acceptors (Lipinski definition) is 4. The highest BCUT2D eigenvalue weighted by Gasteiger charge is 2.33. The van der Waals surface area contributed by atoms with E-state index in [1.807, 2.05) is 6.07 Å². The van der Waals surface area contributed by atoms with Crippen LogP contribution in [0.2, 0.25) is 0 Å². The molecule has 0 aliphatic heterocycles. The van der Waals surface area contributed by atoms with Gasteiger partial charge in [-0.1, -0.05) is 34.1 Å². The standard InChI is InChI=1S/C12H9BrF3N3O/c13-8-4-2-1-3-7(8)6-20-10-5-9(12(14,15)16)18-11(17)19-10/h1-5H,6H2,(H2,17,18,19). The number of ether oxygens (including phenoxy) is 1. The third-order valence-corrected chi connectivity index (χ3v) is 3.12. The summed E-state index contributed by atoms with van der Waals surface area (Å²) in [6.07, 6.45) is -4.59. The Labute approximate surface area is 120 Å². The number of benzene rings is 1. The van der Waals surface area contributed by atoms with Crippen molar-refractivity contribution in [1.29, 1.82) is 0 Å². The van der Waals surface area contributed by atoms with Crippen LogP contribution in [0.1, 0.15) is 11.3 Å². The average Bonchev–Trinajstić information content (AvgIpc) is 2.36. The lowest BCUT2D eigenvalue weighted by atomic mass is 10.2. The van der Waals surface area contributed by atoms with Crippen molar-refractivity contribution in [3.63, 3.8) is 0 Å². The Morgan fingerprint density at radius 1 is 1.20 bits per heavy atom. The molecule has 2 rings (SSSR count). The van der Waals surface area contributed by atoms with Gasteiger partial charge in [0.25, 0.3) is 0 Å². The van der Waals surface area contributed by atoms with Crippen molar-refractivity contribution in [1.82, 2.24) is 9.97 Å². The zero-order chi connectivity index (χ0) is 14.8. The number of nitrogen functional groups attached to an aromatic ring is 1. The Morgan fingerprint density at radius 2 is 1.90 bits per heavy atom. The molecule has 0 aliphatic rings. The van der Waals surface area contributed by atoms with Gasteiger partial charge >= 0.3 is 6.18 Å². The summed E-state index contributed by atoms with van der Waals surface area (Å²) in [5.74, 6) is -0.706. The summed E-state index contributed by atoms with van der Waals surface area (Å²) in [5.41, 5.74) is 4.89.